The average molecular weight is 230 g/mol. The Bertz CT molecular complexity index is 473. The Labute approximate surface area is 101 Å². The van der Waals surface area contributed by atoms with Crippen LogP contribution in [-0.4, -0.2) is 21.2 Å². The van der Waals surface area contributed by atoms with Crippen molar-refractivity contribution in [2.75, 3.05) is 0 Å². The van der Waals surface area contributed by atoms with Gasteiger partial charge in [0.1, 0.15) is 0 Å². The Hall–Kier alpha value is -1.68. The molecule has 1 unspecified atom stereocenters. The summed E-state index contributed by atoms with van der Waals surface area (Å²) in [5.41, 5.74) is 10.3. The maximum Gasteiger partial charge on any atom is 0.0953 e. The van der Waals surface area contributed by atoms with Crippen LogP contribution in [0.3, 0.4) is 0 Å². The number of pyridine rings is 1. The van der Waals surface area contributed by atoms with Gasteiger partial charge in [0.25, 0.3) is 0 Å². The van der Waals surface area contributed by atoms with Gasteiger partial charge in [-0.05, 0) is 44.4 Å². The van der Waals surface area contributed by atoms with Crippen LogP contribution in [0.15, 0.2) is 24.5 Å². The fraction of sp³-hybridized carbons (Fsp3) is 0.385. The maximum absolute atomic E-state index is 5.77. The zero-order valence-electron chi connectivity index (χ0n) is 10.3. The van der Waals surface area contributed by atoms with Crippen LogP contribution in [0.4, 0.5) is 0 Å². The Morgan fingerprint density at radius 1 is 1.35 bits per heavy atom. The molecule has 2 heterocycles. The van der Waals surface area contributed by atoms with Gasteiger partial charge in [0, 0.05) is 29.7 Å². The highest BCUT2D eigenvalue weighted by atomic mass is 15.1. The topological polar surface area (TPSA) is 67.6 Å². The summed E-state index contributed by atoms with van der Waals surface area (Å²) in [6, 6.07) is 4.17. The van der Waals surface area contributed by atoms with Crippen molar-refractivity contribution in [3.8, 4) is 11.3 Å². The Balaban J connectivity index is 2.21. The van der Waals surface area contributed by atoms with Gasteiger partial charge in [-0.1, -0.05) is 0 Å². The fourth-order valence-corrected chi connectivity index (χ4v) is 1.84. The normalized spacial score (nSPS) is 12.6. The molecular formula is C13H18N4. The fourth-order valence-electron chi connectivity index (χ4n) is 1.84. The van der Waals surface area contributed by atoms with E-state index in [9.17, 15) is 0 Å². The van der Waals surface area contributed by atoms with Gasteiger partial charge < -0.3 is 5.73 Å². The monoisotopic (exact) mass is 230 g/mol. The average Bonchev–Trinajstić information content (AvgIpc) is 2.69. The first kappa shape index (κ1) is 11.8. The summed E-state index contributed by atoms with van der Waals surface area (Å²) in [5, 5.41) is 7.47. The van der Waals surface area contributed by atoms with Gasteiger partial charge >= 0.3 is 0 Å². The van der Waals surface area contributed by atoms with E-state index in [0.29, 0.717) is 0 Å². The molecule has 0 aliphatic heterocycles. The van der Waals surface area contributed by atoms with Crippen LogP contribution in [0.25, 0.3) is 11.3 Å². The highest BCUT2D eigenvalue weighted by Gasteiger charge is 2.10. The van der Waals surface area contributed by atoms with Crippen LogP contribution in [0.5, 0.6) is 0 Å². The van der Waals surface area contributed by atoms with Crippen LogP contribution in [0.2, 0.25) is 0 Å². The van der Waals surface area contributed by atoms with Gasteiger partial charge in [-0.3, -0.25) is 10.1 Å². The van der Waals surface area contributed by atoms with Gasteiger partial charge in [-0.2, -0.15) is 5.10 Å². The maximum atomic E-state index is 5.77. The van der Waals surface area contributed by atoms with Crippen LogP contribution >= 0.6 is 0 Å². The quantitative estimate of drug-likeness (QED) is 0.844. The van der Waals surface area contributed by atoms with E-state index in [-0.39, 0.29) is 6.04 Å². The van der Waals surface area contributed by atoms with Crippen LogP contribution < -0.4 is 5.73 Å². The molecule has 2 rings (SSSR count). The van der Waals surface area contributed by atoms with Crippen LogP contribution in [-0.2, 0) is 6.42 Å². The van der Waals surface area contributed by atoms with Gasteiger partial charge in [-0.25, -0.2) is 0 Å². The standard InChI is InChI=1S/C13H18N4/c1-9(14)3-4-12-10(2)13(17-16-12)11-5-7-15-8-6-11/h5-9H,3-4,14H2,1-2H3,(H,16,17). The van der Waals surface area contributed by atoms with Crippen molar-refractivity contribution in [3.63, 3.8) is 0 Å². The summed E-state index contributed by atoms with van der Waals surface area (Å²) in [4.78, 5) is 4.01. The summed E-state index contributed by atoms with van der Waals surface area (Å²) in [5.74, 6) is 0. The molecule has 1 atom stereocenters. The predicted octanol–water partition coefficient (Wildman–Crippen LogP) is 2.06. The summed E-state index contributed by atoms with van der Waals surface area (Å²) < 4.78 is 0. The van der Waals surface area contributed by atoms with Crippen molar-refractivity contribution < 1.29 is 0 Å². The minimum atomic E-state index is 0.224. The third kappa shape index (κ3) is 2.71. The van der Waals surface area contributed by atoms with Gasteiger partial charge in [0.2, 0.25) is 0 Å². The molecule has 0 saturated carbocycles. The molecule has 0 fully saturated rings. The first-order chi connectivity index (χ1) is 8.18. The van der Waals surface area contributed by atoms with Crippen molar-refractivity contribution in [2.45, 2.75) is 32.7 Å². The highest BCUT2D eigenvalue weighted by molar-refractivity contribution is 5.62. The minimum absolute atomic E-state index is 0.224. The van der Waals surface area contributed by atoms with E-state index in [2.05, 4.69) is 22.1 Å². The molecular weight excluding hydrogens is 212 g/mol. The largest absolute Gasteiger partial charge is 0.328 e. The third-order valence-corrected chi connectivity index (χ3v) is 2.91. The summed E-state index contributed by atoms with van der Waals surface area (Å²) >= 11 is 0. The Kier molecular flexibility index (Phi) is 3.54. The number of aromatic nitrogens is 3. The summed E-state index contributed by atoms with van der Waals surface area (Å²) in [6.07, 6.45) is 5.48. The van der Waals surface area contributed by atoms with Crippen molar-refractivity contribution in [2.24, 2.45) is 5.73 Å². The van der Waals surface area contributed by atoms with Crippen LogP contribution in [0.1, 0.15) is 24.6 Å². The summed E-state index contributed by atoms with van der Waals surface area (Å²) in [6.45, 7) is 4.12. The molecule has 0 aromatic carbocycles. The van der Waals surface area contributed by atoms with Crippen molar-refractivity contribution in [1.82, 2.24) is 15.2 Å². The Morgan fingerprint density at radius 2 is 2.06 bits per heavy atom. The number of nitrogens with zero attached hydrogens (tertiary/aromatic N) is 2. The second-order valence-corrected chi connectivity index (χ2v) is 4.43. The first-order valence-corrected chi connectivity index (χ1v) is 5.88. The zero-order chi connectivity index (χ0) is 12.3. The number of hydrogen-bond acceptors (Lipinski definition) is 3. The highest BCUT2D eigenvalue weighted by Crippen LogP contribution is 2.22. The molecule has 0 bridgehead atoms. The van der Waals surface area contributed by atoms with Gasteiger partial charge in [0.15, 0.2) is 0 Å². The minimum Gasteiger partial charge on any atom is -0.328 e. The first-order valence-electron chi connectivity index (χ1n) is 5.88. The number of aryl methyl sites for hydroxylation is 1. The Morgan fingerprint density at radius 3 is 2.71 bits per heavy atom. The number of aromatic amines is 1. The van der Waals surface area contributed by atoms with E-state index in [1.54, 1.807) is 12.4 Å². The molecule has 17 heavy (non-hydrogen) atoms. The van der Waals surface area contributed by atoms with E-state index in [1.807, 2.05) is 19.1 Å². The van der Waals surface area contributed by atoms with Crippen molar-refractivity contribution in [1.29, 1.82) is 0 Å². The number of hydrogen-bond donors (Lipinski definition) is 2. The van der Waals surface area contributed by atoms with E-state index in [4.69, 9.17) is 5.73 Å². The molecule has 0 aliphatic carbocycles. The lowest BCUT2D eigenvalue weighted by Gasteiger charge is -2.03. The van der Waals surface area contributed by atoms with Crippen LogP contribution in [0, 0.1) is 6.92 Å². The van der Waals surface area contributed by atoms with Gasteiger partial charge in [-0.15, -0.1) is 0 Å². The van der Waals surface area contributed by atoms with E-state index in [1.165, 1.54) is 11.3 Å². The molecule has 2 aromatic rings. The molecule has 0 radical (unpaired) electrons. The van der Waals surface area contributed by atoms with Gasteiger partial charge in [0.05, 0.1) is 5.69 Å². The summed E-state index contributed by atoms with van der Waals surface area (Å²) in [7, 11) is 0. The molecule has 0 saturated heterocycles. The number of H-pyrrole nitrogens is 1. The van der Waals surface area contributed by atoms with E-state index >= 15 is 0 Å². The third-order valence-electron chi connectivity index (χ3n) is 2.91. The second kappa shape index (κ2) is 5.10. The predicted molar refractivity (Wildman–Crippen MR) is 68.5 cm³/mol. The number of nitrogens with two attached hydrogens (primary N) is 1. The number of nitrogens with one attached hydrogen (secondary N) is 1. The lowest BCUT2D eigenvalue weighted by Crippen LogP contribution is -2.15. The smallest absolute Gasteiger partial charge is 0.0953 e. The molecule has 0 amide bonds. The van der Waals surface area contributed by atoms with Crippen molar-refractivity contribution >= 4 is 0 Å². The zero-order valence-corrected chi connectivity index (χ0v) is 10.3. The van der Waals surface area contributed by atoms with E-state index in [0.717, 1.165) is 24.1 Å². The molecule has 90 valence electrons. The molecule has 0 aliphatic rings. The molecule has 4 heteroatoms. The molecule has 3 N–H and O–H groups in total. The lowest BCUT2D eigenvalue weighted by atomic mass is 10.0. The lowest BCUT2D eigenvalue weighted by molar-refractivity contribution is 0.655. The molecule has 0 spiro atoms. The van der Waals surface area contributed by atoms with Crippen molar-refractivity contribution in [3.05, 3.63) is 35.8 Å². The molecule has 2 aromatic heterocycles. The second-order valence-electron chi connectivity index (χ2n) is 4.43. The number of rotatable bonds is 4. The molecule has 4 nitrogen and oxygen atoms in total. The SMILES string of the molecule is Cc1c(-c2ccncc2)n[nH]c1CCC(C)N. The van der Waals surface area contributed by atoms with E-state index < -0.39 is 0 Å².